The van der Waals surface area contributed by atoms with Gasteiger partial charge in [-0.2, -0.15) is 0 Å². The predicted octanol–water partition coefficient (Wildman–Crippen LogP) is 4.20. The first-order valence-corrected chi connectivity index (χ1v) is 7.00. The maximum Gasteiger partial charge on any atom is 0.0278 e. The zero-order chi connectivity index (χ0) is 11.8. The summed E-state index contributed by atoms with van der Waals surface area (Å²) in [7, 11) is 0. The minimum absolute atomic E-state index is 1.19. The molecule has 1 nitrogen and oxygen atoms in total. The van der Waals surface area contributed by atoms with E-state index in [1.807, 2.05) is 24.2 Å². The molecule has 0 unspecified atom stereocenters. The van der Waals surface area contributed by atoms with Crippen LogP contribution in [-0.4, -0.2) is 10.7 Å². The molecule has 0 N–H and O–H groups in total. The van der Waals surface area contributed by atoms with Crippen LogP contribution in [0, 0.1) is 0 Å². The number of pyridine rings is 1. The van der Waals surface area contributed by atoms with Crippen molar-refractivity contribution in [2.45, 2.75) is 24.2 Å². The van der Waals surface area contributed by atoms with Crippen molar-refractivity contribution in [1.29, 1.82) is 0 Å². The molecule has 1 heterocycles. The van der Waals surface area contributed by atoms with E-state index in [4.69, 9.17) is 0 Å². The van der Waals surface area contributed by atoms with Crippen LogP contribution in [0.3, 0.4) is 0 Å². The fraction of sp³-hybridized carbons (Fsp3) is 0.267. The fourth-order valence-corrected chi connectivity index (χ4v) is 2.60. The van der Waals surface area contributed by atoms with Crippen LogP contribution < -0.4 is 0 Å². The van der Waals surface area contributed by atoms with Crippen LogP contribution in [-0.2, 0) is 6.42 Å². The van der Waals surface area contributed by atoms with Crippen molar-refractivity contribution in [1.82, 2.24) is 4.98 Å². The molecule has 2 rings (SSSR count). The summed E-state index contributed by atoms with van der Waals surface area (Å²) in [4.78, 5) is 5.34. The van der Waals surface area contributed by atoms with E-state index < -0.39 is 0 Å². The lowest BCUT2D eigenvalue weighted by molar-refractivity contribution is 0.802. The monoisotopic (exact) mass is 243 g/mol. The number of hydrogen-bond acceptors (Lipinski definition) is 2. The maximum atomic E-state index is 4.02. The Labute approximate surface area is 107 Å². The number of hydrogen-bond donors (Lipinski definition) is 0. The van der Waals surface area contributed by atoms with E-state index >= 15 is 0 Å². The Morgan fingerprint density at radius 3 is 2.41 bits per heavy atom. The standard InChI is InChI=1S/C15H17NS/c1-2-6-14(7-3-1)8-4-5-13-17-15-9-11-16-12-10-15/h1-3,6-7,9-12H,4-5,8,13H2. The Kier molecular flexibility index (Phi) is 5.11. The number of benzene rings is 1. The molecule has 0 bridgehead atoms. The summed E-state index contributed by atoms with van der Waals surface area (Å²) in [5, 5.41) is 0. The van der Waals surface area contributed by atoms with Crippen LogP contribution in [0.4, 0.5) is 0 Å². The molecule has 0 aliphatic heterocycles. The first kappa shape index (κ1) is 12.2. The van der Waals surface area contributed by atoms with Gasteiger partial charge in [-0.1, -0.05) is 30.3 Å². The third kappa shape index (κ3) is 4.61. The van der Waals surface area contributed by atoms with Gasteiger partial charge < -0.3 is 0 Å². The van der Waals surface area contributed by atoms with Gasteiger partial charge in [0.15, 0.2) is 0 Å². The zero-order valence-corrected chi connectivity index (χ0v) is 10.7. The Morgan fingerprint density at radius 1 is 0.882 bits per heavy atom. The van der Waals surface area contributed by atoms with Crippen LogP contribution in [0.15, 0.2) is 59.8 Å². The summed E-state index contributed by atoms with van der Waals surface area (Å²) in [5.41, 5.74) is 1.45. The molecule has 1 aromatic heterocycles. The van der Waals surface area contributed by atoms with Gasteiger partial charge in [-0.05, 0) is 42.7 Å². The van der Waals surface area contributed by atoms with Crippen molar-refractivity contribution < 1.29 is 0 Å². The Morgan fingerprint density at radius 2 is 1.65 bits per heavy atom. The Hall–Kier alpha value is -1.28. The molecule has 0 saturated heterocycles. The van der Waals surface area contributed by atoms with Crippen molar-refractivity contribution in [2.75, 3.05) is 5.75 Å². The highest BCUT2D eigenvalue weighted by molar-refractivity contribution is 7.99. The van der Waals surface area contributed by atoms with E-state index in [9.17, 15) is 0 Å². The lowest BCUT2D eigenvalue weighted by atomic mass is 10.1. The van der Waals surface area contributed by atoms with E-state index in [2.05, 4.69) is 47.4 Å². The maximum absolute atomic E-state index is 4.02. The zero-order valence-electron chi connectivity index (χ0n) is 9.88. The van der Waals surface area contributed by atoms with Gasteiger partial charge in [0.1, 0.15) is 0 Å². The molecule has 0 radical (unpaired) electrons. The molecule has 0 spiro atoms. The summed E-state index contributed by atoms with van der Waals surface area (Å²) in [6.45, 7) is 0. The molecule has 17 heavy (non-hydrogen) atoms. The van der Waals surface area contributed by atoms with Crippen molar-refractivity contribution in [3.05, 3.63) is 60.4 Å². The minimum Gasteiger partial charge on any atom is -0.265 e. The molecular weight excluding hydrogens is 226 g/mol. The molecule has 2 heteroatoms. The largest absolute Gasteiger partial charge is 0.265 e. The van der Waals surface area contributed by atoms with E-state index in [0.29, 0.717) is 0 Å². The molecule has 0 fully saturated rings. The van der Waals surface area contributed by atoms with Crippen LogP contribution in [0.5, 0.6) is 0 Å². The third-order valence-electron chi connectivity index (χ3n) is 2.62. The van der Waals surface area contributed by atoms with Gasteiger partial charge in [-0.15, -0.1) is 11.8 Å². The minimum atomic E-state index is 1.19. The first-order chi connectivity index (χ1) is 8.45. The van der Waals surface area contributed by atoms with Gasteiger partial charge >= 0.3 is 0 Å². The smallest absolute Gasteiger partial charge is 0.0278 e. The normalized spacial score (nSPS) is 10.4. The number of thioether (sulfide) groups is 1. The second kappa shape index (κ2) is 7.13. The van der Waals surface area contributed by atoms with Gasteiger partial charge in [0.2, 0.25) is 0 Å². The molecule has 0 aliphatic rings. The summed E-state index contributed by atoms with van der Waals surface area (Å²) in [6.07, 6.45) is 7.43. The predicted molar refractivity (Wildman–Crippen MR) is 74.3 cm³/mol. The molecule has 0 amide bonds. The van der Waals surface area contributed by atoms with Gasteiger partial charge in [-0.3, -0.25) is 4.98 Å². The van der Waals surface area contributed by atoms with Gasteiger partial charge in [0.25, 0.3) is 0 Å². The topological polar surface area (TPSA) is 12.9 Å². The Balaban J connectivity index is 1.61. The quantitative estimate of drug-likeness (QED) is 0.557. The average molecular weight is 243 g/mol. The van der Waals surface area contributed by atoms with E-state index in [0.717, 1.165) is 0 Å². The van der Waals surface area contributed by atoms with E-state index in [1.54, 1.807) is 0 Å². The van der Waals surface area contributed by atoms with Crippen LogP contribution in [0.2, 0.25) is 0 Å². The Bertz CT molecular complexity index is 372. The van der Waals surface area contributed by atoms with E-state index in [-0.39, 0.29) is 0 Å². The van der Waals surface area contributed by atoms with Crippen molar-refractivity contribution in [3.8, 4) is 0 Å². The van der Waals surface area contributed by atoms with Crippen molar-refractivity contribution in [2.24, 2.45) is 0 Å². The second-order valence-corrected chi connectivity index (χ2v) is 5.14. The number of rotatable bonds is 6. The number of unbranched alkanes of at least 4 members (excludes halogenated alkanes) is 1. The van der Waals surface area contributed by atoms with Crippen molar-refractivity contribution >= 4 is 11.8 Å². The van der Waals surface area contributed by atoms with Gasteiger partial charge in [0.05, 0.1) is 0 Å². The highest BCUT2D eigenvalue weighted by Gasteiger charge is 1.95. The average Bonchev–Trinajstić information content (AvgIpc) is 2.41. The highest BCUT2D eigenvalue weighted by atomic mass is 32.2. The second-order valence-electron chi connectivity index (χ2n) is 3.97. The number of aryl methyl sites for hydroxylation is 1. The van der Waals surface area contributed by atoms with Crippen LogP contribution in [0.1, 0.15) is 18.4 Å². The van der Waals surface area contributed by atoms with Crippen LogP contribution in [0.25, 0.3) is 0 Å². The lowest BCUT2D eigenvalue weighted by Gasteiger charge is -2.02. The summed E-state index contributed by atoms with van der Waals surface area (Å²) >= 11 is 1.92. The fourth-order valence-electron chi connectivity index (χ4n) is 1.70. The lowest BCUT2D eigenvalue weighted by Crippen LogP contribution is -1.87. The number of aromatic nitrogens is 1. The molecule has 88 valence electrons. The molecular formula is C15H17NS. The summed E-state index contributed by atoms with van der Waals surface area (Å²) < 4.78 is 0. The molecule has 0 saturated carbocycles. The first-order valence-electron chi connectivity index (χ1n) is 6.02. The van der Waals surface area contributed by atoms with Crippen molar-refractivity contribution in [3.63, 3.8) is 0 Å². The summed E-state index contributed by atoms with van der Waals surface area (Å²) in [6, 6.07) is 14.8. The third-order valence-corrected chi connectivity index (χ3v) is 3.72. The van der Waals surface area contributed by atoms with Gasteiger partial charge in [-0.25, -0.2) is 0 Å². The SMILES string of the molecule is c1ccc(CCCCSc2ccncc2)cc1. The van der Waals surface area contributed by atoms with Gasteiger partial charge in [0, 0.05) is 17.3 Å². The molecule has 2 aromatic rings. The number of nitrogens with zero attached hydrogens (tertiary/aromatic N) is 1. The molecule has 0 aliphatic carbocycles. The molecule has 0 atom stereocenters. The summed E-state index contributed by atoms with van der Waals surface area (Å²) in [5.74, 6) is 1.19. The highest BCUT2D eigenvalue weighted by Crippen LogP contribution is 2.18. The van der Waals surface area contributed by atoms with Crippen LogP contribution >= 0.6 is 11.8 Å². The van der Waals surface area contributed by atoms with E-state index in [1.165, 1.54) is 35.5 Å². The molecule has 1 aromatic carbocycles.